The standard InChI is InChI=1S/C20H26ClFN2O2/c21-17-10-14(4-5-18(17)22)19(26)23-8-6-20(7-9-23)13-24(11-15(20)12-25)16-2-1-3-16/h4-5,10,15-16,25H,1-3,6-9,11-13H2. The highest BCUT2D eigenvalue weighted by molar-refractivity contribution is 6.31. The predicted octanol–water partition coefficient (Wildman–Crippen LogP) is 3.18. The number of benzene rings is 1. The number of aliphatic hydroxyl groups is 1. The van der Waals surface area contributed by atoms with Crippen molar-refractivity contribution < 1.29 is 14.3 Å². The quantitative estimate of drug-likeness (QED) is 0.875. The fourth-order valence-corrected chi connectivity index (χ4v) is 5.07. The first kappa shape index (κ1) is 18.2. The van der Waals surface area contributed by atoms with Crippen LogP contribution in [0.3, 0.4) is 0 Å². The van der Waals surface area contributed by atoms with Gasteiger partial charge in [0.2, 0.25) is 0 Å². The van der Waals surface area contributed by atoms with E-state index in [2.05, 4.69) is 4.90 Å². The molecule has 1 amide bonds. The molecule has 0 bridgehead atoms. The monoisotopic (exact) mass is 380 g/mol. The molecule has 1 aromatic rings. The van der Waals surface area contributed by atoms with E-state index in [4.69, 9.17) is 11.6 Å². The summed E-state index contributed by atoms with van der Waals surface area (Å²) in [6, 6.07) is 4.85. The number of hydrogen-bond acceptors (Lipinski definition) is 3. The zero-order chi connectivity index (χ0) is 18.3. The van der Waals surface area contributed by atoms with Gasteiger partial charge in [-0.15, -0.1) is 0 Å². The summed E-state index contributed by atoms with van der Waals surface area (Å²) in [6.45, 7) is 3.63. The maximum atomic E-state index is 13.3. The molecular formula is C20H26ClFN2O2. The van der Waals surface area contributed by atoms with Gasteiger partial charge in [-0.2, -0.15) is 0 Å². The van der Waals surface area contributed by atoms with E-state index in [1.165, 1.54) is 37.5 Å². The van der Waals surface area contributed by atoms with Gasteiger partial charge in [-0.25, -0.2) is 4.39 Å². The van der Waals surface area contributed by atoms with Crippen LogP contribution in [0.1, 0.15) is 42.5 Å². The average molecular weight is 381 g/mol. The summed E-state index contributed by atoms with van der Waals surface area (Å²) >= 11 is 5.82. The summed E-state index contributed by atoms with van der Waals surface area (Å²) in [5.74, 6) is -0.287. The molecule has 3 aliphatic rings. The Morgan fingerprint density at radius 3 is 2.62 bits per heavy atom. The third-order valence-corrected chi connectivity index (χ3v) is 7.15. The van der Waals surface area contributed by atoms with Gasteiger partial charge in [0, 0.05) is 50.3 Å². The van der Waals surface area contributed by atoms with Crippen molar-refractivity contribution in [1.82, 2.24) is 9.80 Å². The van der Waals surface area contributed by atoms with Crippen LogP contribution in [0.25, 0.3) is 0 Å². The molecule has 1 spiro atoms. The molecule has 2 saturated heterocycles. The zero-order valence-corrected chi connectivity index (χ0v) is 15.7. The smallest absolute Gasteiger partial charge is 0.253 e. The van der Waals surface area contributed by atoms with Crippen molar-refractivity contribution in [3.05, 3.63) is 34.6 Å². The minimum Gasteiger partial charge on any atom is -0.396 e. The van der Waals surface area contributed by atoms with Crippen LogP contribution < -0.4 is 0 Å². The van der Waals surface area contributed by atoms with Crippen molar-refractivity contribution in [3.8, 4) is 0 Å². The lowest BCUT2D eigenvalue weighted by atomic mass is 9.71. The molecule has 1 aromatic carbocycles. The highest BCUT2D eigenvalue weighted by Crippen LogP contribution is 2.47. The third-order valence-electron chi connectivity index (χ3n) is 6.86. The average Bonchev–Trinajstić information content (AvgIpc) is 2.93. The third kappa shape index (κ3) is 3.14. The number of piperidine rings is 1. The Kier molecular flexibility index (Phi) is 4.97. The number of aliphatic hydroxyl groups excluding tert-OH is 1. The van der Waals surface area contributed by atoms with Crippen LogP contribution in [0.15, 0.2) is 18.2 Å². The maximum absolute atomic E-state index is 13.3. The molecule has 2 heterocycles. The highest BCUT2D eigenvalue weighted by atomic mass is 35.5. The first-order valence-corrected chi connectivity index (χ1v) is 9.99. The van der Waals surface area contributed by atoms with Crippen molar-refractivity contribution >= 4 is 17.5 Å². The zero-order valence-electron chi connectivity index (χ0n) is 15.0. The van der Waals surface area contributed by atoms with Crippen LogP contribution in [0.4, 0.5) is 4.39 Å². The number of carbonyl (C=O) groups excluding carboxylic acids is 1. The number of amides is 1. The molecule has 1 unspecified atom stereocenters. The maximum Gasteiger partial charge on any atom is 0.253 e. The molecule has 6 heteroatoms. The second-order valence-corrected chi connectivity index (χ2v) is 8.58. The molecule has 3 fully saturated rings. The predicted molar refractivity (Wildman–Crippen MR) is 98.8 cm³/mol. The Labute approximate surface area is 158 Å². The van der Waals surface area contributed by atoms with E-state index in [-0.39, 0.29) is 23.0 Å². The van der Waals surface area contributed by atoms with Gasteiger partial charge in [0.15, 0.2) is 0 Å². The summed E-state index contributed by atoms with van der Waals surface area (Å²) in [4.78, 5) is 17.1. The van der Waals surface area contributed by atoms with Crippen LogP contribution in [0, 0.1) is 17.2 Å². The number of rotatable bonds is 3. The van der Waals surface area contributed by atoms with Crippen LogP contribution >= 0.6 is 11.6 Å². The first-order valence-electron chi connectivity index (χ1n) is 9.62. The van der Waals surface area contributed by atoms with Gasteiger partial charge in [-0.3, -0.25) is 9.69 Å². The lowest BCUT2D eigenvalue weighted by Gasteiger charge is -2.43. The Balaban J connectivity index is 1.42. The van der Waals surface area contributed by atoms with Crippen molar-refractivity contribution in [1.29, 1.82) is 0 Å². The highest BCUT2D eigenvalue weighted by Gasteiger charge is 2.49. The van der Waals surface area contributed by atoms with Gasteiger partial charge in [-0.05, 0) is 49.3 Å². The van der Waals surface area contributed by atoms with Crippen molar-refractivity contribution in [3.63, 3.8) is 0 Å². The van der Waals surface area contributed by atoms with E-state index in [0.717, 1.165) is 25.9 Å². The topological polar surface area (TPSA) is 43.8 Å². The molecule has 0 radical (unpaired) electrons. The molecule has 4 rings (SSSR count). The first-order chi connectivity index (χ1) is 12.5. The summed E-state index contributed by atoms with van der Waals surface area (Å²) in [7, 11) is 0. The SMILES string of the molecule is O=C(c1ccc(F)c(Cl)c1)N1CCC2(CC1)CN(C1CCC1)CC2CO. The molecule has 142 valence electrons. The van der Waals surface area contributed by atoms with Crippen LogP contribution in [-0.2, 0) is 0 Å². The Morgan fingerprint density at radius 2 is 2.04 bits per heavy atom. The Bertz CT molecular complexity index is 686. The summed E-state index contributed by atoms with van der Waals surface area (Å²) < 4.78 is 13.3. The molecule has 1 atom stereocenters. The second-order valence-electron chi connectivity index (χ2n) is 8.18. The Hall–Kier alpha value is -1.17. The number of carbonyl (C=O) groups is 1. The van der Waals surface area contributed by atoms with Crippen molar-refractivity contribution in [2.24, 2.45) is 11.3 Å². The van der Waals surface area contributed by atoms with E-state index >= 15 is 0 Å². The Morgan fingerprint density at radius 1 is 1.31 bits per heavy atom. The molecule has 1 saturated carbocycles. The number of halogens is 2. The van der Waals surface area contributed by atoms with Gasteiger partial charge in [0.05, 0.1) is 5.02 Å². The minimum atomic E-state index is -0.506. The molecule has 2 aliphatic heterocycles. The summed E-state index contributed by atoms with van der Waals surface area (Å²) in [6.07, 6.45) is 5.72. The van der Waals surface area contributed by atoms with Crippen molar-refractivity contribution in [2.75, 3.05) is 32.8 Å². The molecular weight excluding hydrogens is 355 g/mol. The van der Waals surface area contributed by atoms with E-state index in [1.807, 2.05) is 4.90 Å². The van der Waals surface area contributed by atoms with E-state index < -0.39 is 5.82 Å². The van der Waals surface area contributed by atoms with Crippen LogP contribution in [0.2, 0.25) is 5.02 Å². The largest absolute Gasteiger partial charge is 0.396 e. The molecule has 1 aliphatic carbocycles. The van der Waals surface area contributed by atoms with Gasteiger partial charge in [-0.1, -0.05) is 18.0 Å². The van der Waals surface area contributed by atoms with Gasteiger partial charge in [0.1, 0.15) is 5.82 Å². The van der Waals surface area contributed by atoms with E-state index in [1.54, 1.807) is 0 Å². The molecule has 26 heavy (non-hydrogen) atoms. The van der Waals surface area contributed by atoms with Gasteiger partial charge >= 0.3 is 0 Å². The van der Waals surface area contributed by atoms with Crippen LogP contribution in [0.5, 0.6) is 0 Å². The number of likely N-dealkylation sites (tertiary alicyclic amines) is 2. The van der Waals surface area contributed by atoms with E-state index in [9.17, 15) is 14.3 Å². The van der Waals surface area contributed by atoms with Crippen molar-refractivity contribution in [2.45, 2.75) is 38.1 Å². The van der Waals surface area contributed by atoms with Gasteiger partial charge < -0.3 is 10.0 Å². The number of nitrogens with zero attached hydrogens (tertiary/aromatic N) is 2. The normalized spacial score (nSPS) is 26.3. The van der Waals surface area contributed by atoms with Crippen LogP contribution in [-0.4, -0.2) is 59.6 Å². The molecule has 0 aromatic heterocycles. The second kappa shape index (κ2) is 7.10. The fraction of sp³-hybridized carbons (Fsp3) is 0.650. The summed E-state index contributed by atoms with van der Waals surface area (Å²) in [5, 5.41) is 9.91. The van der Waals surface area contributed by atoms with Gasteiger partial charge in [0.25, 0.3) is 5.91 Å². The number of hydrogen-bond donors (Lipinski definition) is 1. The molecule has 4 nitrogen and oxygen atoms in total. The lowest BCUT2D eigenvalue weighted by molar-refractivity contribution is 0.0385. The summed E-state index contributed by atoms with van der Waals surface area (Å²) in [5.41, 5.74) is 0.565. The lowest BCUT2D eigenvalue weighted by Crippen LogP contribution is -2.47. The fourth-order valence-electron chi connectivity index (χ4n) is 4.89. The molecule has 1 N–H and O–H groups in total. The minimum absolute atomic E-state index is 0.0170. The van der Waals surface area contributed by atoms with E-state index in [0.29, 0.717) is 30.6 Å².